The van der Waals surface area contributed by atoms with Gasteiger partial charge in [-0.05, 0) is 31.9 Å². The van der Waals surface area contributed by atoms with Gasteiger partial charge in [-0.3, -0.25) is 9.59 Å². The van der Waals surface area contributed by atoms with Crippen LogP contribution in [0.2, 0.25) is 0 Å². The van der Waals surface area contributed by atoms with Crippen molar-refractivity contribution in [1.82, 2.24) is 9.47 Å². The Labute approximate surface area is 118 Å². The number of ether oxygens (including phenoxy) is 1. The van der Waals surface area contributed by atoms with Crippen molar-refractivity contribution in [2.45, 2.75) is 32.0 Å². The maximum absolute atomic E-state index is 12.5. The third kappa shape index (κ3) is 2.26. The van der Waals surface area contributed by atoms with Crippen LogP contribution in [0.3, 0.4) is 0 Å². The summed E-state index contributed by atoms with van der Waals surface area (Å²) in [6.07, 6.45) is 4.10. The number of carbonyl (C=O) groups excluding carboxylic acids is 1. The van der Waals surface area contributed by atoms with Crippen molar-refractivity contribution in [2.75, 3.05) is 13.1 Å². The molecule has 3 heterocycles. The Bertz CT molecular complexity index is 581. The lowest BCUT2D eigenvalue weighted by atomic mass is 9.92. The monoisotopic (exact) mass is 276 g/mol. The van der Waals surface area contributed by atoms with Crippen molar-refractivity contribution in [3.8, 4) is 0 Å². The SMILES string of the molecule is C[C@H]1C[C@H]2CN(C(=O)c3cccn(C)c3=O)CC[C@@H]2O1. The van der Waals surface area contributed by atoms with E-state index >= 15 is 0 Å². The average molecular weight is 276 g/mol. The molecule has 2 aliphatic heterocycles. The maximum Gasteiger partial charge on any atom is 0.263 e. The third-order valence-electron chi connectivity index (χ3n) is 4.35. The van der Waals surface area contributed by atoms with Crippen LogP contribution >= 0.6 is 0 Å². The number of nitrogens with zero attached hydrogens (tertiary/aromatic N) is 2. The number of fused-ring (bicyclic) bond motifs is 1. The van der Waals surface area contributed by atoms with E-state index in [9.17, 15) is 9.59 Å². The molecule has 108 valence electrons. The quantitative estimate of drug-likeness (QED) is 0.769. The van der Waals surface area contributed by atoms with E-state index in [1.165, 1.54) is 4.57 Å². The van der Waals surface area contributed by atoms with Crippen molar-refractivity contribution in [3.05, 3.63) is 34.2 Å². The van der Waals surface area contributed by atoms with Crippen molar-refractivity contribution in [3.63, 3.8) is 0 Å². The highest BCUT2D eigenvalue weighted by Crippen LogP contribution is 2.32. The zero-order valence-corrected chi connectivity index (χ0v) is 11.9. The molecule has 2 saturated heterocycles. The second-order valence-electron chi connectivity index (χ2n) is 5.86. The van der Waals surface area contributed by atoms with Crippen molar-refractivity contribution < 1.29 is 9.53 Å². The molecule has 1 aromatic rings. The van der Waals surface area contributed by atoms with Crippen LogP contribution in [-0.2, 0) is 11.8 Å². The van der Waals surface area contributed by atoms with Gasteiger partial charge in [-0.15, -0.1) is 0 Å². The van der Waals surface area contributed by atoms with Gasteiger partial charge in [-0.1, -0.05) is 0 Å². The van der Waals surface area contributed by atoms with E-state index in [0.717, 1.165) is 12.8 Å². The lowest BCUT2D eigenvalue weighted by Crippen LogP contribution is -2.46. The zero-order valence-electron chi connectivity index (χ0n) is 11.9. The van der Waals surface area contributed by atoms with E-state index < -0.39 is 0 Å². The molecule has 0 N–H and O–H groups in total. The molecule has 0 unspecified atom stereocenters. The van der Waals surface area contributed by atoms with Gasteiger partial charge in [0.05, 0.1) is 12.2 Å². The van der Waals surface area contributed by atoms with Crippen LogP contribution in [0.4, 0.5) is 0 Å². The van der Waals surface area contributed by atoms with E-state index in [2.05, 4.69) is 6.92 Å². The second kappa shape index (κ2) is 5.05. The molecule has 1 aromatic heterocycles. The number of aryl methyl sites for hydroxylation is 1. The highest BCUT2D eigenvalue weighted by molar-refractivity contribution is 5.93. The minimum Gasteiger partial charge on any atom is -0.375 e. The number of aromatic nitrogens is 1. The van der Waals surface area contributed by atoms with Crippen molar-refractivity contribution in [1.29, 1.82) is 0 Å². The standard InChI is InChI=1S/C15H20N2O3/c1-10-8-11-9-17(7-5-13(11)20-10)15(19)12-4-3-6-16(2)14(12)18/h3-4,6,10-11,13H,5,7-9H2,1-2H3/t10-,11-,13-/m0/s1. The van der Waals surface area contributed by atoms with Gasteiger partial charge in [0, 0.05) is 32.3 Å². The van der Waals surface area contributed by atoms with Crippen LogP contribution in [0.5, 0.6) is 0 Å². The molecule has 1 amide bonds. The van der Waals surface area contributed by atoms with Gasteiger partial charge in [-0.2, -0.15) is 0 Å². The minimum absolute atomic E-state index is 0.149. The summed E-state index contributed by atoms with van der Waals surface area (Å²) in [6.45, 7) is 3.45. The number of hydrogen-bond acceptors (Lipinski definition) is 3. The van der Waals surface area contributed by atoms with Gasteiger partial charge in [0.25, 0.3) is 11.5 Å². The van der Waals surface area contributed by atoms with Crippen LogP contribution in [0, 0.1) is 5.92 Å². The molecule has 0 radical (unpaired) electrons. The molecular formula is C15H20N2O3. The Morgan fingerprint density at radius 3 is 3.05 bits per heavy atom. The molecule has 3 rings (SSSR count). The van der Waals surface area contributed by atoms with Gasteiger partial charge in [0.15, 0.2) is 0 Å². The van der Waals surface area contributed by atoms with E-state index in [-0.39, 0.29) is 29.2 Å². The summed E-state index contributed by atoms with van der Waals surface area (Å²) < 4.78 is 7.28. The molecular weight excluding hydrogens is 256 g/mol. The summed E-state index contributed by atoms with van der Waals surface area (Å²) in [6, 6.07) is 3.35. The number of amides is 1. The average Bonchev–Trinajstić information content (AvgIpc) is 2.80. The van der Waals surface area contributed by atoms with Gasteiger partial charge < -0.3 is 14.2 Å². The largest absolute Gasteiger partial charge is 0.375 e. The first-order valence-electron chi connectivity index (χ1n) is 7.16. The molecule has 20 heavy (non-hydrogen) atoms. The fourth-order valence-electron chi connectivity index (χ4n) is 3.31. The Morgan fingerprint density at radius 2 is 2.25 bits per heavy atom. The lowest BCUT2D eigenvalue weighted by Gasteiger charge is -2.34. The predicted molar refractivity (Wildman–Crippen MR) is 74.6 cm³/mol. The first-order chi connectivity index (χ1) is 9.56. The Morgan fingerprint density at radius 1 is 1.45 bits per heavy atom. The normalized spacial score (nSPS) is 29.3. The molecule has 0 saturated carbocycles. The minimum atomic E-state index is -0.226. The molecule has 2 fully saturated rings. The smallest absolute Gasteiger partial charge is 0.263 e. The summed E-state index contributed by atoms with van der Waals surface area (Å²) in [7, 11) is 1.66. The van der Waals surface area contributed by atoms with E-state index in [4.69, 9.17) is 4.74 Å². The number of carbonyl (C=O) groups is 1. The molecule has 3 atom stereocenters. The van der Waals surface area contributed by atoms with Gasteiger partial charge in [0.2, 0.25) is 0 Å². The van der Waals surface area contributed by atoms with Crippen molar-refractivity contribution in [2.24, 2.45) is 13.0 Å². The van der Waals surface area contributed by atoms with Gasteiger partial charge in [-0.25, -0.2) is 0 Å². The number of likely N-dealkylation sites (tertiary alicyclic amines) is 1. The summed E-state index contributed by atoms with van der Waals surface area (Å²) in [5.41, 5.74) is 0.0380. The first kappa shape index (κ1) is 13.4. The molecule has 0 spiro atoms. The Balaban J connectivity index is 1.78. The van der Waals surface area contributed by atoms with Gasteiger partial charge in [0.1, 0.15) is 5.56 Å². The lowest BCUT2D eigenvalue weighted by molar-refractivity contribution is 0.00859. The number of rotatable bonds is 1. The molecule has 0 bridgehead atoms. The fraction of sp³-hybridized carbons (Fsp3) is 0.600. The number of hydrogen-bond donors (Lipinski definition) is 0. The molecule has 2 aliphatic rings. The Hall–Kier alpha value is -1.62. The summed E-state index contributed by atoms with van der Waals surface area (Å²) in [5, 5.41) is 0. The summed E-state index contributed by atoms with van der Waals surface area (Å²) in [5.74, 6) is 0.263. The van der Waals surface area contributed by atoms with Gasteiger partial charge >= 0.3 is 0 Å². The van der Waals surface area contributed by atoms with E-state index in [0.29, 0.717) is 19.0 Å². The van der Waals surface area contributed by atoms with Crippen LogP contribution in [-0.4, -0.2) is 40.7 Å². The Kier molecular flexibility index (Phi) is 3.38. The maximum atomic E-state index is 12.5. The van der Waals surface area contributed by atoms with E-state index in [1.807, 2.05) is 0 Å². The fourth-order valence-corrected chi connectivity index (χ4v) is 3.31. The van der Waals surface area contributed by atoms with E-state index in [1.54, 1.807) is 30.3 Å². The highest BCUT2D eigenvalue weighted by Gasteiger charge is 2.39. The number of pyridine rings is 1. The first-order valence-corrected chi connectivity index (χ1v) is 7.16. The number of piperidine rings is 1. The molecule has 0 aromatic carbocycles. The molecule has 5 nitrogen and oxygen atoms in total. The van der Waals surface area contributed by atoms with Crippen LogP contribution in [0.1, 0.15) is 30.1 Å². The second-order valence-corrected chi connectivity index (χ2v) is 5.86. The van der Waals surface area contributed by atoms with Crippen LogP contribution < -0.4 is 5.56 Å². The molecule has 5 heteroatoms. The topological polar surface area (TPSA) is 51.5 Å². The highest BCUT2D eigenvalue weighted by atomic mass is 16.5. The zero-order chi connectivity index (χ0) is 14.3. The summed E-state index contributed by atoms with van der Waals surface area (Å²) >= 11 is 0. The predicted octanol–water partition coefficient (Wildman–Crippen LogP) is 1.02. The summed E-state index contributed by atoms with van der Waals surface area (Å²) in [4.78, 5) is 26.3. The van der Waals surface area contributed by atoms with Crippen molar-refractivity contribution >= 4 is 5.91 Å². The third-order valence-corrected chi connectivity index (χ3v) is 4.35. The van der Waals surface area contributed by atoms with Crippen LogP contribution in [0.25, 0.3) is 0 Å². The molecule has 0 aliphatic carbocycles. The van der Waals surface area contributed by atoms with Crippen LogP contribution in [0.15, 0.2) is 23.1 Å².